The summed E-state index contributed by atoms with van der Waals surface area (Å²) in [5.74, 6) is 0. The largest absolute Gasteiger partial charge is 0.346 e. The van der Waals surface area contributed by atoms with Crippen LogP contribution in [0.2, 0.25) is 0 Å². The summed E-state index contributed by atoms with van der Waals surface area (Å²) in [6.07, 6.45) is 1.12. The quantitative estimate of drug-likeness (QED) is 0.396. The van der Waals surface area contributed by atoms with Crippen molar-refractivity contribution in [2.75, 3.05) is 13.1 Å². The van der Waals surface area contributed by atoms with Crippen molar-refractivity contribution in [2.45, 2.75) is 18.1 Å². The van der Waals surface area contributed by atoms with Crippen LogP contribution in [0.15, 0.2) is 0 Å². The molecule has 0 aromatic heterocycles. The Balaban J connectivity index is 2.72. The van der Waals surface area contributed by atoms with Gasteiger partial charge in [-0.2, -0.15) is 0 Å². The Kier molecular flexibility index (Phi) is 2.37. The maximum atomic E-state index is 10.8. The average Bonchev–Trinajstić information content (AvgIpc) is 1.87. The van der Waals surface area contributed by atoms with E-state index in [1.54, 1.807) is 0 Å². The molecule has 1 saturated heterocycles. The molecule has 5 N–H and O–H groups in total. The van der Waals surface area contributed by atoms with Crippen LogP contribution in [0.5, 0.6) is 0 Å². The lowest BCUT2D eigenvalue weighted by Crippen LogP contribution is -2.52. The topological polar surface area (TPSA) is 95.6 Å². The van der Waals surface area contributed by atoms with Gasteiger partial charge in [-0.1, -0.05) is 0 Å². The van der Waals surface area contributed by atoms with Crippen LogP contribution in [0.1, 0.15) is 12.8 Å². The van der Waals surface area contributed by atoms with Crippen molar-refractivity contribution in [3.05, 3.63) is 0 Å². The molecule has 1 rings (SSSR count). The molecule has 0 spiro atoms. The van der Waals surface area contributed by atoms with Gasteiger partial charge in [-0.25, -0.2) is 0 Å². The molecule has 1 aliphatic heterocycles. The third-order valence-electron chi connectivity index (χ3n) is 1.97. The number of nitrogens with one attached hydrogen (secondary N) is 1. The van der Waals surface area contributed by atoms with E-state index in [1.165, 1.54) is 0 Å². The van der Waals surface area contributed by atoms with Gasteiger partial charge in [0.05, 0.1) is 0 Å². The molecular weight excluding hydrogens is 167 g/mol. The number of rotatable bonds is 1. The Morgan fingerprint density at radius 1 is 1.55 bits per heavy atom. The lowest BCUT2D eigenvalue weighted by atomic mass is 10.1. The molecule has 6 heteroatoms. The zero-order valence-corrected chi connectivity index (χ0v) is 7.05. The zero-order valence-electron chi connectivity index (χ0n) is 6.16. The Morgan fingerprint density at radius 2 is 2.18 bits per heavy atom. The van der Waals surface area contributed by atoms with E-state index >= 15 is 0 Å². The van der Waals surface area contributed by atoms with Crippen molar-refractivity contribution in [2.24, 2.45) is 5.73 Å². The maximum Gasteiger partial charge on any atom is 0.346 e. The molecule has 0 saturated carbocycles. The van der Waals surface area contributed by atoms with Crippen LogP contribution >= 0.6 is 7.60 Å². The smallest absolute Gasteiger partial charge is 0.323 e. The second-order valence-electron chi connectivity index (χ2n) is 2.93. The van der Waals surface area contributed by atoms with Crippen LogP contribution in [0.25, 0.3) is 0 Å². The highest BCUT2D eigenvalue weighted by Crippen LogP contribution is 2.49. The molecule has 11 heavy (non-hydrogen) atoms. The summed E-state index contributed by atoms with van der Waals surface area (Å²) >= 11 is 0. The molecule has 0 aromatic carbocycles. The monoisotopic (exact) mass is 180 g/mol. The first-order chi connectivity index (χ1) is 4.96. The molecule has 0 bridgehead atoms. The third-order valence-corrected chi connectivity index (χ3v) is 3.52. The van der Waals surface area contributed by atoms with Crippen LogP contribution in [0, 0.1) is 0 Å². The van der Waals surface area contributed by atoms with Gasteiger partial charge in [0.2, 0.25) is 0 Å². The van der Waals surface area contributed by atoms with Gasteiger partial charge in [-0.15, -0.1) is 0 Å². The molecule has 0 amide bonds. The number of hydrogen-bond donors (Lipinski definition) is 4. The van der Waals surface area contributed by atoms with Gasteiger partial charge in [0.25, 0.3) is 0 Å². The Hall–Kier alpha value is 0.0700. The molecule has 0 aliphatic carbocycles. The highest BCUT2D eigenvalue weighted by Gasteiger charge is 2.43. The van der Waals surface area contributed by atoms with Crippen molar-refractivity contribution < 1.29 is 14.4 Å². The zero-order chi connectivity index (χ0) is 8.54. The first kappa shape index (κ1) is 9.16. The predicted octanol–water partition coefficient (Wildman–Crippen LogP) is -0.798. The first-order valence-corrected chi connectivity index (χ1v) is 5.12. The lowest BCUT2D eigenvalue weighted by molar-refractivity contribution is 0.292. The van der Waals surface area contributed by atoms with Gasteiger partial charge in [0, 0.05) is 6.54 Å². The molecule has 5 nitrogen and oxygen atoms in total. The third kappa shape index (κ3) is 1.80. The van der Waals surface area contributed by atoms with E-state index in [1.807, 2.05) is 0 Å². The standard InChI is InChI=1S/C5H13N2O3P/c6-5(11(8,9)10)2-1-3-7-4-5/h7H,1-4,6H2,(H2,8,9,10). The molecule has 1 unspecified atom stereocenters. The van der Waals surface area contributed by atoms with Crippen LogP contribution in [-0.2, 0) is 4.57 Å². The van der Waals surface area contributed by atoms with E-state index in [0.29, 0.717) is 6.42 Å². The van der Waals surface area contributed by atoms with E-state index < -0.39 is 12.9 Å². The van der Waals surface area contributed by atoms with E-state index in [-0.39, 0.29) is 6.54 Å². The van der Waals surface area contributed by atoms with Gasteiger partial charge in [0.1, 0.15) is 5.28 Å². The molecule has 1 heterocycles. The molecule has 1 fully saturated rings. The predicted molar refractivity (Wildman–Crippen MR) is 41.1 cm³/mol. The number of nitrogens with two attached hydrogens (primary N) is 1. The normalized spacial score (nSPS) is 33.7. The molecular formula is C5H13N2O3P. The highest BCUT2D eigenvalue weighted by atomic mass is 31.2. The summed E-state index contributed by atoms with van der Waals surface area (Å²) in [5, 5.41) is 1.54. The lowest BCUT2D eigenvalue weighted by Gasteiger charge is -2.33. The molecule has 1 aliphatic rings. The van der Waals surface area contributed by atoms with Gasteiger partial charge in [-0.05, 0) is 19.4 Å². The van der Waals surface area contributed by atoms with Crippen molar-refractivity contribution in [3.8, 4) is 0 Å². The van der Waals surface area contributed by atoms with Gasteiger partial charge in [0.15, 0.2) is 0 Å². The SMILES string of the molecule is NC1(P(=O)(O)O)CCCNC1. The van der Waals surface area contributed by atoms with Gasteiger partial charge < -0.3 is 20.8 Å². The summed E-state index contributed by atoms with van der Waals surface area (Å²) in [6, 6.07) is 0. The van der Waals surface area contributed by atoms with Crippen LogP contribution < -0.4 is 11.1 Å². The minimum absolute atomic E-state index is 0.206. The minimum atomic E-state index is -4.14. The number of piperidine rings is 1. The summed E-state index contributed by atoms with van der Waals surface area (Å²) in [4.78, 5) is 17.7. The van der Waals surface area contributed by atoms with Crippen molar-refractivity contribution in [1.82, 2.24) is 5.32 Å². The van der Waals surface area contributed by atoms with Gasteiger partial charge >= 0.3 is 7.60 Å². The van der Waals surface area contributed by atoms with Crippen LogP contribution in [0.4, 0.5) is 0 Å². The van der Waals surface area contributed by atoms with E-state index in [2.05, 4.69) is 5.32 Å². The molecule has 1 atom stereocenters. The summed E-state index contributed by atoms with van der Waals surface area (Å²) in [7, 11) is -4.14. The van der Waals surface area contributed by atoms with E-state index in [9.17, 15) is 4.57 Å². The minimum Gasteiger partial charge on any atom is -0.323 e. The first-order valence-electron chi connectivity index (χ1n) is 3.51. The summed E-state index contributed by atoms with van der Waals surface area (Å²) < 4.78 is 10.8. The highest BCUT2D eigenvalue weighted by molar-refractivity contribution is 7.53. The molecule has 0 aromatic rings. The Labute approximate surface area is 65.1 Å². The second-order valence-corrected chi connectivity index (χ2v) is 4.91. The molecule has 0 radical (unpaired) electrons. The average molecular weight is 180 g/mol. The maximum absolute atomic E-state index is 10.8. The van der Waals surface area contributed by atoms with Crippen molar-refractivity contribution in [1.29, 1.82) is 0 Å². The number of hydrogen-bond acceptors (Lipinski definition) is 3. The van der Waals surface area contributed by atoms with Crippen LogP contribution in [-0.4, -0.2) is 28.2 Å². The van der Waals surface area contributed by atoms with Gasteiger partial charge in [-0.3, -0.25) is 4.57 Å². The van der Waals surface area contributed by atoms with Crippen molar-refractivity contribution in [3.63, 3.8) is 0 Å². The fourth-order valence-electron chi connectivity index (χ4n) is 1.16. The van der Waals surface area contributed by atoms with E-state index in [0.717, 1.165) is 13.0 Å². The van der Waals surface area contributed by atoms with Crippen molar-refractivity contribution >= 4 is 7.60 Å². The Morgan fingerprint density at radius 3 is 2.45 bits per heavy atom. The second kappa shape index (κ2) is 2.84. The Bertz CT molecular complexity index is 184. The fourth-order valence-corrected chi connectivity index (χ4v) is 1.93. The van der Waals surface area contributed by atoms with Crippen LogP contribution in [0.3, 0.4) is 0 Å². The molecule has 66 valence electrons. The summed E-state index contributed by atoms with van der Waals surface area (Å²) in [5.41, 5.74) is 5.51. The van der Waals surface area contributed by atoms with E-state index in [4.69, 9.17) is 15.5 Å². The summed E-state index contributed by atoms with van der Waals surface area (Å²) in [6.45, 7) is 0.996. The fraction of sp³-hybridized carbons (Fsp3) is 1.00.